The molecule has 0 saturated heterocycles. The van der Waals surface area contributed by atoms with Crippen LogP contribution in [-0.4, -0.2) is 40.7 Å². The number of benzene rings is 2. The Morgan fingerprint density at radius 3 is 1.92 bits per heavy atom. The van der Waals surface area contributed by atoms with Crippen molar-refractivity contribution in [3.8, 4) is 0 Å². The van der Waals surface area contributed by atoms with E-state index >= 15 is 0 Å². The van der Waals surface area contributed by atoms with Crippen LogP contribution in [0.3, 0.4) is 0 Å². The predicted molar refractivity (Wildman–Crippen MR) is 120 cm³/mol. The molecule has 3 aliphatic rings. The third-order valence-electron chi connectivity index (χ3n) is 6.31. The van der Waals surface area contributed by atoms with Crippen LogP contribution in [0.4, 0.5) is 37.7 Å². The van der Waals surface area contributed by atoms with Crippen molar-refractivity contribution >= 4 is 37.3 Å². The summed E-state index contributed by atoms with van der Waals surface area (Å²) in [4.78, 5) is 12.4. The van der Waals surface area contributed by atoms with E-state index in [0.717, 1.165) is 36.6 Å². The Morgan fingerprint density at radius 2 is 1.43 bits per heavy atom. The average Bonchev–Trinajstić information content (AvgIpc) is 2.66. The molecule has 16 heteroatoms. The average molecular weight is 572 g/mol. The van der Waals surface area contributed by atoms with Crippen molar-refractivity contribution < 1.29 is 48.0 Å². The molecule has 0 radical (unpaired) electrons. The van der Waals surface area contributed by atoms with Gasteiger partial charge < -0.3 is 5.32 Å². The number of hydrogen-bond acceptors (Lipinski definition) is 5. The fourth-order valence-corrected chi connectivity index (χ4v) is 6.29. The highest BCUT2D eigenvalue weighted by Gasteiger charge is 2.79. The summed E-state index contributed by atoms with van der Waals surface area (Å²) in [6, 6.07) is 5.88. The first-order valence-electron chi connectivity index (χ1n) is 10.5. The van der Waals surface area contributed by atoms with Crippen LogP contribution < -0.4 is 14.8 Å². The van der Waals surface area contributed by atoms with Crippen molar-refractivity contribution in [2.45, 2.75) is 42.0 Å². The molecular formula is C21H19F6N3O5S2. The Bertz CT molecular complexity index is 1450. The van der Waals surface area contributed by atoms with E-state index in [-0.39, 0.29) is 24.9 Å². The van der Waals surface area contributed by atoms with Gasteiger partial charge in [-0.15, -0.1) is 0 Å². The summed E-state index contributed by atoms with van der Waals surface area (Å²) < 4.78 is 132. The topological polar surface area (TPSA) is 121 Å². The zero-order valence-electron chi connectivity index (χ0n) is 18.8. The first-order valence-corrected chi connectivity index (χ1v) is 13.8. The monoisotopic (exact) mass is 571 g/mol. The first kappa shape index (κ1) is 27.0. The summed E-state index contributed by atoms with van der Waals surface area (Å²) in [5, 5.41) is 2.41. The highest BCUT2D eigenvalue weighted by atomic mass is 32.2. The fourth-order valence-electron chi connectivity index (χ4n) is 4.65. The molecule has 0 aliphatic heterocycles. The molecule has 0 aromatic heterocycles. The molecule has 0 atom stereocenters. The second-order valence-electron chi connectivity index (χ2n) is 9.31. The van der Waals surface area contributed by atoms with Gasteiger partial charge in [-0.2, -0.15) is 26.3 Å². The Labute approximate surface area is 207 Å². The standard InChI is InChI=1S/C21H19F6N3O5S2/c1-36(32,33)29-13-3-5-14(6-4-13)37(34,35)30-16-8-12(20(22,23)24)2-7-15(16)17(31)28-19-9-18(10-19,11-19)21(25,26)27/h2-8,29-30H,9-11H2,1H3,(H,28,31). The van der Waals surface area contributed by atoms with Crippen molar-refractivity contribution in [1.29, 1.82) is 0 Å². The van der Waals surface area contributed by atoms with E-state index in [1.54, 1.807) is 0 Å². The van der Waals surface area contributed by atoms with Gasteiger partial charge in [-0.25, -0.2) is 16.8 Å². The lowest BCUT2D eigenvalue weighted by atomic mass is 9.39. The Hall–Kier alpha value is -3.01. The van der Waals surface area contributed by atoms with E-state index in [4.69, 9.17) is 0 Å². The second-order valence-corrected chi connectivity index (χ2v) is 12.7. The summed E-state index contributed by atoms with van der Waals surface area (Å²) in [6.45, 7) is 0. The van der Waals surface area contributed by atoms with Crippen LogP contribution in [0.25, 0.3) is 0 Å². The van der Waals surface area contributed by atoms with E-state index < -0.39 is 71.0 Å². The summed E-state index contributed by atoms with van der Waals surface area (Å²) in [5.74, 6) is -1.03. The third kappa shape index (κ3) is 5.21. The van der Waals surface area contributed by atoms with E-state index in [1.807, 2.05) is 4.72 Å². The molecule has 8 nitrogen and oxygen atoms in total. The van der Waals surface area contributed by atoms with Crippen molar-refractivity contribution in [3.63, 3.8) is 0 Å². The number of amides is 1. The van der Waals surface area contributed by atoms with Crippen molar-refractivity contribution in [1.82, 2.24) is 5.32 Å². The lowest BCUT2D eigenvalue weighted by molar-refractivity contribution is -0.336. The number of carbonyl (C=O) groups excluding carboxylic acids is 1. The number of hydrogen-bond donors (Lipinski definition) is 3. The summed E-state index contributed by atoms with van der Waals surface area (Å²) in [5.41, 5.74) is -5.54. The van der Waals surface area contributed by atoms with Gasteiger partial charge in [-0.05, 0) is 61.7 Å². The molecule has 202 valence electrons. The van der Waals surface area contributed by atoms with Crippen LogP contribution in [0.2, 0.25) is 0 Å². The molecule has 0 unspecified atom stereocenters. The van der Waals surface area contributed by atoms with Crippen molar-refractivity contribution in [2.75, 3.05) is 15.7 Å². The highest BCUT2D eigenvalue weighted by molar-refractivity contribution is 7.92. The second kappa shape index (κ2) is 8.24. The summed E-state index contributed by atoms with van der Waals surface area (Å²) >= 11 is 0. The molecule has 1 amide bonds. The van der Waals surface area contributed by atoms with Gasteiger partial charge in [0.1, 0.15) is 0 Å². The minimum absolute atomic E-state index is 0.0239. The van der Waals surface area contributed by atoms with Crippen molar-refractivity contribution in [3.05, 3.63) is 53.6 Å². The van der Waals surface area contributed by atoms with E-state index in [1.165, 1.54) is 0 Å². The molecule has 3 fully saturated rings. The molecule has 2 bridgehead atoms. The van der Waals surface area contributed by atoms with Crippen LogP contribution in [-0.2, 0) is 26.2 Å². The molecule has 2 aromatic carbocycles. The minimum atomic E-state index is -4.89. The van der Waals surface area contributed by atoms with Gasteiger partial charge in [0.15, 0.2) is 0 Å². The number of alkyl halides is 6. The quantitative estimate of drug-likeness (QED) is 0.433. The van der Waals surface area contributed by atoms with E-state index in [0.29, 0.717) is 12.1 Å². The largest absolute Gasteiger partial charge is 0.416 e. The van der Waals surface area contributed by atoms with Gasteiger partial charge in [0.25, 0.3) is 15.9 Å². The van der Waals surface area contributed by atoms with Gasteiger partial charge in [-0.1, -0.05) is 0 Å². The molecule has 0 spiro atoms. The van der Waals surface area contributed by atoms with Crippen LogP contribution in [0.1, 0.15) is 35.2 Å². The fraction of sp³-hybridized carbons (Fsp3) is 0.381. The Balaban J connectivity index is 1.60. The lowest BCUT2D eigenvalue weighted by Gasteiger charge is -2.70. The third-order valence-corrected chi connectivity index (χ3v) is 8.30. The maximum Gasteiger partial charge on any atom is 0.416 e. The highest BCUT2D eigenvalue weighted by Crippen LogP contribution is 2.73. The number of rotatable bonds is 7. The molecule has 37 heavy (non-hydrogen) atoms. The number of nitrogens with one attached hydrogen (secondary N) is 3. The Morgan fingerprint density at radius 1 is 0.865 bits per heavy atom. The maximum atomic E-state index is 13.3. The molecule has 3 aliphatic carbocycles. The lowest BCUT2D eigenvalue weighted by Crippen LogP contribution is -2.78. The Kier molecular flexibility index (Phi) is 6.02. The zero-order chi connectivity index (χ0) is 27.7. The molecule has 5 rings (SSSR count). The van der Waals surface area contributed by atoms with E-state index in [9.17, 15) is 48.0 Å². The molecular weight excluding hydrogens is 552 g/mol. The van der Waals surface area contributed by atoms with Gasteiger partial charge in [0.05, 0.1) is 33.4 Å². The van der Waals surface area contributed by atoms with Gasteiger partial charge in [0, 0.05) is 11.2 Å². The van der Waals surface area contributed by atoms with Gasteiger partial charge in [0.2, 0.25) is 10.0 Å². The predicted octanol–water partition coefficient (Wildman–Crippen LogP) is 4.09. The molecule has 2 aromatic rings. The van der Waals surface area contributed by atoms with Crippen LogP contribution in [0, 0.1) is 5.41 Å². The number of halogens is 6. The SMILES string of the molecule is CS(=O)(=O)Nc1ccc(S(=O)(=O)Nc2cc(C(F)(F)F)ccc2C(=O)NC23CC(C(F)(F)F)(C2)C3)cc1. The molecule has 0 heterocycles. The van der Waals surface area contributed by atoms with Gasteiger partial charge >= 0.3 is 12.4 Å². The number of carbonyl (C=O) groups is 1. The van der Waals surface area contributed by atoms with Crippen LogP contribution >= 0.6 is 0 Å². The maximum absolute atomic E-state index is 13.3. The van der Waals surface area contributed by atoms with Crippen LogP contribution in [0.5, 0.6) is 0 Å². The molecule has 3 N–H and O–H groups in total. The zero-order valence-corrected chi connectivity index (χ0v) is 20.4. The minimum Gasteiger partial charge on any atom is -0.346 e. The molecule has 3 saturated carbocycles. The van der Waals surface area contributed by atoms with Gasteiger partial charge in [-0.3, -0.25) is 14.2 Å². The summed E-state index contributed by atoms with van der Waals surface area (Å²) in [7, 11) is -8.23. The smallest absolute Gasteiger partial charge is 0.346 e. The van der Waals surface area contributed by atoms with E-state index in [2.05, 4.69) is 10.0 Å². The van der Waals surface area contributed by atoms with Crippen molar-refractivity contribution in [2.24, 2.45) is 5.41 Å². The number of anilines is 2. The summed E-state index contributed by atoms with van der Waals surface area (Å²) in [6.07, 6.45) is -9.57. The normalized spacial score (nSPS) is 23.4. The number of sulfonamides is 2. The first-order chi connectivity index (χ1) is 16.7. The van der Waals surface area contributed by atoms with Crippen LogP contribution in [0.15, 0.2) is 47.4 Å².